The van der Waals surface area contributed by atoms with E-state index in [0.717, 1.165) is 25.9 Å². The van der Waals surface area contributed by atoms with Crippen LogP contribution < -0.4 is 15.0 Å². The molecule has 0 radical (unpaired) electrons. The van der Waals surface area contributed by atoms with Gasteiger partial charge in [-0.3, -0.25) is 0 Å². The second kappa shape index (κ2) is 6.05. The van der Waals surface area contributed by atoms with Crippen LogP contribution in [0, 0.1) is 0 Å². The molecule has 2 heterocycles. The van der Waals surface area contributed by atoms with Crippen LogP contribution in [0.15, 0.2) is 18.3 Å². The van der Waals surface area contributed by atoms with Crippen LogP contribution in [-0.2, 0) is 0 Å². The summed E-state index contributed by atoms with van der Waals surface area (Å²) in [5.74, 6) is 0.689. The lowest BCUT2D eigenvalue weighted by Gasteiger charge is -2.41. The number of nitrogens with one attached hydrogen (secondary N) is 1. The summed E-state index contributed by atoms with van der Waals surface area (Å²) in [6, 6.07) is 5.23. The Labute approximate surface area is 109 Å². The van der Waals surface area contributed by atoms with Crippen molar-refractivity contribution in [3.8, 4) is 5.88 Å². The van der Waals surface area contributed by atoms with E-state index in [1.807, 2.05) is 12.3 Å². The normalized spacial score (nSPS) is 24.1. The van der Waals surface area contributed by atoms with E-state index in [4.69, 9.17) is 4.74 Å². The van der Waals surface area contributed by atoms with E-state index < -0.39 is 0 Å². The molecule has 2 rings (SSSR count). The Morgan fingerprint density at radius 3 is 2.94 bits per heavy atom. The first-order valence-electron chi connectivity index (χ1n) is 6.78. The van der Waals surface area contributed by atoms with Crippen molar-refractivity contribution in [1.82, 2.24) is 10.3 Å². The van der Waals surface area contributed by atoms with Crippen molar-refractivity contribution in [2.24, 2.45) is 0 Å². The topological polar surface area (TPSA) is 37.4 Å². The van der Waals surface area contributed by atoms with Gasteiger partial charge in [-0.1, -0.05) is 13.8 Å². The summed E-state index contributed by atoms with van der Waals surface area (Å²) in [5, 5.41) is 3.61. The second-order valence-corrected chi connectivity index (χ2v) is 4.78. The lowest BCUT2D eigenvalue weighted by Crippen LogP contribution is -2.56. The Bertz CT molecular complexity index is 383. The maximum absolute atomic E-state index is 5.21. The maximum atomic E-state index is 5.21. The van der Waals surface area contributed by atoms with E-state index in [0.29, 0.717) is 18.0 Å². The number of hydrogen-bond donors (Lipinski definition) is 1. The Kier molecular flexibility index (Phi) is 4.42. The van der Waals surface area contributed by atoms with Gasteiger partial charge in [0.1, 0.15) is 0 Å². The van der Waals surface area contributed by atoms with E-state index >= 15 is 0 Å². The number of piperazine rings is 1. The van der Waals surface area contributed by atoms with Crippen LogP contribution in [0.5, 0.6) is 5.88 Å². The van der Waals surface area contributed by atoms with Crippen molar-refractivity contribution in [3.05, 3.63) is 18.3 Å². The summed E-state index contributed by atoms with van der Waals surface area (Å²) in [5.41, 5.74) is 1.22. The number of ether oxygens (including phenoxy) is 1. The summed E-state index contributed by atoms with van der Waals surface area (Å²) in [6.07, 6.45) is 4.13. The van der Waals surface area contributed by atoms with Gasteiger partial charge in [-0.25, -0.2) is 4.98 Å². The first kappa shape index (κ1) is 13.1. The van der Waals surface area contributed by atoms with Crippen LogP contribution in [-0.4, -0.2) is 37.3 Å². The van der Waals surface area contributed by atoms with Gasteiger partial charge in [0.25, 0.3) is 0 Å². The number of nitrogens with zero attached hydrogens (tertiary/aromatic N) is 2. The van der Waals surface area contributed by atoms with Crippen molar-refractivity contribution < 1.29 is 4.74 Å². The third-order valence-electron chi connectivity index (χ3n) is 3.72. The highest BCUT2D eigenvalue weighted by Crippen LogP contribution is 2.24. The second-order valence-electron chi connectivity index (χ2n) is 4.78. The van der Waals surface area contributed by atoms with Crippen LogP contribution in [0.4, 0.5) is 5.69 Å². The first-order chi connectivity index (χ1) is 8.78. The minimum Gasteiger partial charge on any atom is -0.481 e. The largest absolute Gasteiger partial charge is 0.481 e. The molecule has 0 spiro atoms. The fraction of sp³-hybridized carbons (Fsp3) is 0.643. The van der Waals surface area contributed by atoms with Gasteiger partial charge >= 0.3 is 0 Å². The van der Waals surface area contributed by atoms with Crippen LogP contribution >= 0.6 is 0 Å². The number of hydrogen-bond acceptors (Lipinski definition) is 4. The Morgan fingerprint density at radius 1 is 1.44 bits per heavy atom. The van der Waals surface area contributed by atoms with Gasteiger partial charge in [0.05, 0.1) is 7.11 Å². The number of anilines is 1. The van der Waals surface area contributed by atoms with Crippen molar-refractivity contribution in [3.63, 3.8) is 0 Å². The number of pyridine rings is 1. The Balaban J connectivity index is 2.20. The highest BCUT2D eigenvalue weighted by molar-refractivity contribution is 5.50. The van der Waals surface area contributed by atoms with Crippen molar-refractivity contribution in [2.75, 3.05) is 25.1 Å². The zero-order valence-electron chi connectivity index (χ0n) is 11.5. The smallest absolute Gasteiger partial charge is 0.214 e. The average Bonchev–Trinajstić information content (AvgIpc) is 2.46. The van der Waals surface area contributed by atoms with Crippen LogP contribution in [0.3, 0.4) is 0 Å². The molecule has 1 aromatic heterocycles. The molecule has 1 aliphatic heterocycles. The van der Waals surface area contributed by atoms with E-state index in [-0.39, 0.29) is 0 Å². The monoisotopic (exact) mass is 249 g/mol. The molecular weight excluding hydrogens is 226 g/mol. The molecule has 1 aromatic rings. The summed E-state index contributed by atoms with van der Waals surface area (Å²) in [7, 11) is 1.66. The van der Waals surface area contributed by atoms with Gasteiger partial charge in [0.2, 0.25) is 5.88 Å². The molecule has 1 saturated heterocycles. The third kappa shape index (κ3) is 2.75. The molecule has 18 heavy (non-hydrogen) atoms. The van der Waals surface area contributed by atoms with E-state index in [2.05, 4.69) is 35.1 Å². The first-order valence-corrected chi connectivity index (χ1v) is 6.78. The van der Waals surface area contributed by atoms with Gasteiger partial charge in [-0.15, -0.1) is 0 Å². The number of methoxy groups -OCH3 is 1. The molecule has 0 amide bonds. The summed E-state index contributed by atoms with van der Waals surface area (Å²) in [6.45, 7) is 6.58. The highest BCUT2D eigenvalue weighted by Gasteiger charge is 2.26. The molecule has 1 N–H and O–H groups in total. The molecule has 2 unspecified atom stereocenters. The summed E-state index contributed by atoms with van der Waals surface area (Å²) in [4.78, 5) is 6.66. The zero-order chi connectivity index (χ0) is 13.0. The van der Waals surface area contributed by atoms with Gasteiger partial charge in [0, 0.05) is 43.1 Å². The van der Waals surface area contributed by atoms with E-state index in [1.54, 1.807) is 7.11 Å². The van der Waals surface area contributed by atoms with Crippen molar-refractivity contribution in [1.29, 1.82) is 0 Å². The molecule has 0 bridgehead atoms. The third-order valence-corrected chi connectivity index (χ3v) is 3.72. The molecular formula is C14H23N3O. The van der Waals surface area contributed by atoms with Gasteiger partial charge < -0.3 is 15.0 Å². The summed E-state index contributed by atoms with van der Waals surface area (Å²) >= 11 is 0. The van der Waals surface area contributed by atoms with E-state index in [1.165, 1.54) is 5.69 Å². The minimum absolute atomic E-state index is 0.555. The molecule has 2 atom stereocenters. The zero-order valence-corrected chi connectivity index (χ0v) is 11.5. The van der Waals surface area contributed by atoms with Gasteiger partial charge in [-0.05, 0) is 18.9 Å². The molecule has 0 aliphatic carbocycles. The fourth-order valence-corrected chi connectivity index (χ4v) is 2.51. The Hall–Kier alpha value is -1.29. The van der Waals surface area contributed by atoms with Gasteiger partial charge in [-0.2, -0.15) is 0 Å². The Morgan fingerprint density at radius 2 is 2.28 bits per heavy atom. The standard InChI is InChI=1S/C14H23N3O/c1-4-11-10-17(12(5-2)9-16-11)13-6-7-15-14(8-13)18-3/h6-8,11-12,16H,4-5,9-10H2,1-3H3. The molecule has 100 valence electrons. The SMILES string of the molecule is CCC1CN(c2ccnc(OC)c2)C(CC)CN1. The van der Waals surface area contributed by atoms with Crippen LogP contribution in [0.25, 0.3) is 0 Å². The molecule has 4 nitrogen and oxygen atoms in total. The average molecular weight is 249 g/mol. The molecule has 0 saturated carbocycles. The predicted molar refractivity (Wildman–Crippen MR) is 74.3 cm³/mol. The maximum Gasteiger partial charge on any atom is 0.214 e. The minimum atomic E-state index is 0.555. The highest BCUT2D eigenvalue weighted by atomic mass is 16.5. The van der Waals surface area contributed by atoms with Crippen LogP contribution in [0.2, 0.25) is 0 Å². The van der Waals surface area contributed by atoms with Crippen molar-refractivity contribution in [2.45, 2.75) is 38.8 Å². The molecule has 4 heteroatoms. The number of aromatic nitrogens is 1. The molecule has 1 fully saturated rings. The molecule has 1 aliphatic rings. The predicted octanol–water partition coefficient (Wildman–Crippen LogP) is 2.06. The van der Waals surface area contributed by atoms with Crippen molar-refractivity contribution >= 4 is 5.69 Å². The lowest BCUT2D eigenvalue weighted by atomic mass is 10.0. The number of rotatable bonds is 4. The quantitative estimate of drug-likeness (QED) is 0.886. The van der Waals surface area contributed by atoms with Gasteiger partial charge in [0.15, 0.2) is 0 Å². The lowest BCUT2D eigenvalue weighted by molar-refractivity contribution is 0.376. The van der Waals surface area contributed by atoms with E-state index in [9.17, 15) is 0 Å². The van der Waals surface area contributed by atoms with Crippen LogP contribution in [0.1, 0.15) is 26.7 Å². The fourth-order valence-electron chi connectivity index (χ4n) is 2.51. The summed E-state index contributed by atoms with van der Waals surface area (Å²) < 4.78 is 5.21. The molecule has 0 aromatic carbocycles.